The Hall–Kier alpha value is -1.40. The van der Waals surface area contributed by atoms with E-state index in [0.29, 0.717) is 18.0 Å². The molecule has 4 fully saturated rings. The molecule has 4 aliphatic heterocycles. The highest BCUT2D eigenvalue weighted by Gasteiger charge is 2.40. The summed E-state index contributed by atoms with van der Waals surface area (Å²) < 4.78 is 7.51. The molecule has 5 heterocycles. The Labute approximate surface area is 156 Å². The number of rotatable bonds is 4. The van der Waals surface area contributed by atoms with Gasteiger partial charge >= 0.3 is 0 Å². The van der Waals surface area contributed by atoms with E-state index in [4.69, 9.17) is 4.74 Å². The molecule has 0 aromatic carbocycles. The SMILES string of the molecule is CCCn1ncc(C(=O)N2C[C@H]3CC[C@@H]2CN(C2CCOCC2)C3)c1C. The molecule has 1 amide bonds. The number of amides is 1. The normalized spacial score (nSPS) is 27.7. The zero-order valence-corrected chi connectivity index (χ0v) is 16.2. The van der Waals surface area contributed by atoms with E-state index in [-0.39, 0.29) is 5.91 Å². The lowest BCUT2D eigenvalue weighted by Gasteiger charge is -2.37. The van der Waals surface area contributed by atoms with Gasteiger partial charge in [0.2, 0.25) is 0 Å². The summed E-state index contributed by atoms with van der Waals surface area (Å²) in [5.74, 6) is 0.792. The fraction of sp³-hybridized carbons (Fsp3) is 0.800. The molecule has 0 saturated carbocycles. The van der Waals surface area contributed by atoms with Crippen molar-refractivity contribution in [1.29, 1.82) is 0 Å². The van der Waals surface area contributed by atoms with Gasteiger partial charge in [0.15, 0.2) is 0 Å². The monoisotopic (exact) mass is 360 g/mol. The minimum atomic E-state index is 0.188. The number of piperidine rings is 1. The molecule has 1 aromatic heterocycles. The first-order chi connectivity index (χ1) is 12.7. The number of fused-ring (bicyclic) bond motifs is 4. The Morgan fingerprint density at radius 2 is 1.96 bits per heavy atom. The lowest BCUT2D eigenvalue weighted by Crippen LogP contribution is -2.48. The summed E-state index contributed by atoms with van der Waals surface area (Å²) in [5.41, 5.74) is 1.81. The van der Waals surface area contributed by atoms with Crippen molar-refractivity contribution in [1.82, 2.24) is 19.6 Å². The van der Waals surface area contributed by atoms with Crippen LogP contribution in [0.25, 0.3) is 0 Å². The lowest BCUT2D eigenvalue weighted by atomic mass is 9.94. The Kier molecular flexibility index (Phi) is 5.32. The molecule has 26 heavy (non-hydrogen) atoms. The van der Waals surface area contributed by atoms with Crippen molar-refractivity contribution in [3.8, 4) is 0 Å². The zero-order chi connectivity index (χ0) is 18.1. The van der Waals surface area contributed by atoms with E-state index in [1.165, 1.54) is 6.42 Å². The first-order valence-electron chi connectivity index (χ1n) is 10.3. The van der Waals surface area contributed by atoms with Gasteiger partial charge in [0, 0.05) is 57.2 Å². The van der Waals surface area contributed by atoms with Crippen molar-refractivity contribution in [3.63, 3.8) is 0 Å². The summed E-state index contributed by atoms with van der Waals surface area (Å²) >= 11 is 0. The summed E-state index contributed by atoms with van der Waals surface area (Å²) in [6.07, 6.45) is 7.47. The molecule has 6 heteroatoms. The number of aromatic nitrogens is 2. The average Bonchev–Trinajstić information content (AvgIpc) is 2.85. The molecular weight excluding hydrogens is 328 g/mol. The first-order valence-corrected chi connectivity index (χ1v) is 10.3. The van der Waals surface area contributed by atoms with Crippen LogP contribution in [0.5, 0.6) is 0 Å². The van der Waals surface area contributed by atoms with Gasteiger partial charge < -0.3 is 9.64 Å². The van der Waals surface area contributed by atoms with Gasteiger partial charge in [-0.25, -0.2) is 0 Å². The third kappa shape index (κ3) is 3.41. The van der Waals surface area contributed by atoms with Crippen LogP contribution in [0.1, 0.15) is 55.1 Å². The van der Waals surface area contributed by atoms with E-state index >= 15 is 0 Å². The number of hydrogen-bond donors (Lipinski definition) is 0. The molecule has 0 unspecified atom stereocenters. The van der Waals surface area contributed by atoms with Crippen LogP contribution in [0.2, 0.25) is 0 Å². The van der Waals surface area contributed by atoms with Crippen LogP contribution < -0.4 is 0 Å². The Morgan fingerprint density at radius 1 is 1.15 bits per heavy atom. The van der Waals surface area contributed by atoms with E-state index in [9.17, 15) is 4.79 Å². The lowest BCUT2D eigenvalue weighted by molar-refractivity contribution is 0.0304. The average molecular weight is 361 g/mol. The summed E-state index contributed by atoms with van der Waals surface area (Å²) in [4.78, 5) is 18.1. The van der Waals surface area contributed by atoms with Gasteiger partial charge in [0.1, 0.15) is 0 Å². The molecule has 1 aromatic rings. The van der Waals surface area contributed by atoms with Crippen LogP contribution in [0.4, 0.5) is 0 Å². The van der Waals surface area contributed by atoms with Gasteiger partial charge in [0.25, 0.3) is 5.91 Å². The second kappa shape index (κ2) is 7.69. The molecule has 6 nitrogen and oxygen atoms in total. The number of carbonyl (C=O) groups is 1. The van der Waals surface area contributed by atoms with Crippen LogP contribution in [0.15, 0.2) is 6.20 Å². The molecular formula is C20H32N4O2. The number of nitrogens with zero attached hydrogens (tertiary/aromatic N) is 4. The maximum absolute atomic E-state index is 13.3. The third-order valence-electron chi connectivity index (χ3n) is 6.48. The summed E-state index contributed by atoms with van der Waals surface area (Å²) in [7, 11) is 0. The number of aryl methyl sites for hydroxylation is 1. The van der Waals surface area contributed by atoms with Gasteiger partial charge in [-0.3, -0.25) is 14.4 Å². The van der Waals surface area contributed by atoms with Crippen molar-refractivity contribution in [2.24, 2.45) is 5.92 Å². The fourth-order valence-electron chi connectivity index (χ4n) is 4.96. The highest BCUT2D eigenvalue weighted by Crippen LogP contribution is 2.32. The Balaban J connectivity index is 1.50. The molecule has 0 aliphatic carbocycles. The summed E-state index contributed by atoms with van der Waals surface area (Å²) in [6, 6.07) is 0.981. The molecule has 2 atom stereocenters. The van der Waals surface area contributed by atoms with E-state index < -0.39 is 0 Å². The minimum absolute atomic E-state index is 0.188. The van der Waals surface area contributed by atoms with E-state index in [2.05, 4.69) is 21.8 Å². The van der Waals surface area contributed by atoms with E-state index in [0.717, 1.165) is 76.3 Å². The second-order valence-electron chi connectivity index (χ2n) is 8.22. The molecule has 4 saturated heterocycles. The molecule has 0 radical (unpaired) electrons. The predicted octanol–water partition coefficient (Wildman–Crippen LogP) is 2.32. The van der Waals surface area contributed by atoms with Gasteiger partial charge in [-0.05, 0) is 44.9 Å². The van der Waals surface area contributed by atoms with Crippen molar-refractivity contribution >= 4 is 5.91 Å². The van der Waals surface area contributed by atoms with Gasteiger partial charge in [-0.2, -0.15) is 5.10 Å². The van der Waals surface area contributed by atoms with Crippen molar-refractivity contribution in [2.45, 2.75) is 64.6 Å². The van der Waals surface area contributed by atoms with E-state index in [1.54, 1.807) is 6.20 Å². The zero-order valence-electron chi connectivity index (χ0n) is 16.2. The van der Waals surface area contributed by atoms with Crippen LogP contribution in [0.3, 0.4) is 0 Å². The first kappa shape index (κ1) is 18.0. The molecule has 4 aliphatic rings. The van der Waals surface area contributed by atoms with Crippen LogP contribution in [-0.4, -0.2) is 70.4 Å². The summed E-state index contributed by atoms with van der Waals surface area (Å²) in [6.45, 7) is 9.88. The third-order valence-corrected chi connectivity index (χ3v) is 6.48. The van der Waals surface area contributed by atoms with Gasteiger partial charge in [-0.15, -0.1) is 0 Å². The molecule has 2 bridgehead atoms. The molecule has 0 N–H and O–H groups in total. The number of ether oxygens (including phenoxy) is 1. The highest BCUT2D eigenvalue weighted by atomic mass is 16.5. The van der Waals surface area contributed by atoms with Crippen molar-refractivity contribution in [3.05, 3.63) is 17.5 Å². The maximum Gasteiger partial charge on any atom is 0.257 e. The van der Waals surface area contributed by atoms with E-state index in [1.807, 2.05) is 11.6 Å². The van der Waals surface area contributed by atoms with Crippen molar-refractivity contribution in [2.75, 3.05) is 32.8 Å². The van der Waals surface area contributed by atoms with Crippen LogP contribution in [-0.2, 0) is 11.3 Å². The number of carbonyl (C=O) groups excluding carboxylic acids is 1. The molecule has 5 rings (SSSR count). The van der Waals surface area contributed by atoms with Crippen molar-refractivity contribution < 1.29 is 9.53 Å². The summed E-state index contributed by atoms with van der Waals surface area (Å²) in [5, 5.41) is 4.44. The van der Waals surface area contributed by atoms with Crippen LogP contribution in [0, 0.1) is 12.8 Å². The fourth-order valence-corrected chi connectivity index (χ4v) is 4.96. The van der Waals surface area contributed by atoms with Gasteiger partial charge in [-0.1, -0.05) is 6.92 Å². The maximum atomic E-state index is 13.3. The standard InChI is InChI=1S/C20H32N4O2/c1-3-8-24-15(2)19(11-21-24)20(25)23-13-16-4-5-18(23)14-22(12-16)17-6-9-26-10-7-17/h11,16-18H,3-10,12-14H2,1-2H3/t16-,18+/m0/s1. The highest BCUT2D eigenvalue weighted by molar-refractivity contribution is 5.95. The Morgan fingerprint density at radius 3 is 2.73 bits per heavy atom. The Bertz CT molecular complexity index is 638. The number of hydrogen-bond acceptors (Lipinski definition) is 4. The molecule has 0 spiro atoms. The smallest absolute Gasteiger partial charge is 0.257 e. The second-order valence-corrected chi connectivity index (χ2v) is 8.22. The largest absolute Gasteiger partial charge is 0.381 e. The van der Waals surface area contributed by atoms with Gasteiger partial charge in [0.05, 0.1) is 11.8 Å². The quantitative estimate of drug-likeness (QED) is 0.827. The van der Waals surface area contributed by atoms with Crippen LogP contribution >= 0.6 is 0 Å². The molecule has 144 valence electrons. The topological polar surface area (TPSA) is 50.6 Å². The minimum Gasteiger partial charge on any atom is -0.381 e. The predicted molar refractivity (Wildman–Crippen MR) is 100 cm³/mol.